The zero-order valence-corrected chi connectivity index (χ0v) is 28.7. The SMILES string of the molecule is CCOC(=O)Cc1cc(=O)oc2cc(-c3cn(-c4ccc(/C=c5\sc6n(c5=O)C(c5ccccc5)C(C(=O)OCC)=C(C)N=6)cc4)nn3)ccc12. The fourth-order valence-corrected chi connectivity index (χ4v) is 7.09. The van der Waals surface area contributed by atoms with Crippen LogP contribution in [0.5, 0.6) is 0 Å². The first-order chi connectivity index (χ1) is 24.7. The topological polar surface area (TPSA) is 148 Å². The van der Waals surface area contributed by atoms with E-state index in [0.29, 0.717) is 48.4 Å². The highest BCUT2D eigenvalue weighted by Gasteiger charge is 2.33. The number of carbonyl (C=O) groups is 2. The number of aromatic nitrogens is 4. The van der Waals surface area contributed by atoms with Crippen molar-refractivity contribution in [3.63, 3.8) is 0 Å². The van der Waals surface area contributed by atoms with Crippen molar-refractivity contribution >= 4 is 40.3 Å². The Morgan fingerprint density at radius 2 is 1.73 bits per heavy atom. The molecule has 0 fully saturated rings. The number of thiazole rings is 1. The van der Waals surface area contributed by atoms with Crippen LogP contribution in [-0.2, 0) is 25.5 Å². The Morgan fingerprint density at radius 3 is 2.47 bits per heavy atom. The summed E-state index contributed by atoms with van der Waals surface area (Å²) >= 11 is 1.26. The second-order valence-electron chi connectivity index (χ2n) is 11.6. The molecular formula is C38H31N5O7S. The van der Waals surface area contributed by atoms with Gasteiger partial charge in [0.15, 0.2) is 4.80 Å². The number of fused-ring (bicyclic) bond motifs is 2. The van der Waals surface area contributed by atoms with Gasteiger partial charge in [0.1, 0.15) is 11.3 Å². The zero-order valence-electron chi connectivity index (χ0n) is 27.9. The summed E-state index contributed by atoms with van der Waals surface area (Å²) in [6.45, 7) is 5.68. The molecule has 3 aromatic carbocycles. The lowest BCUT2D eigenvalue weighted by Gasteiger charge is -2.24. The Bertz CT molecular complexity index is 2580. The first kappa shape index (κ1) is 33.3. The molecule has 0 bridgehead atoms. The molecule has 1 aliphatic rings. The maximum Gasteiger partial charge on any atom is 0.338 e. The van der Waals surface area contributed by atoms with Crippen molar-refractivity contribution in [1.29, 1.82) is 0 Å². The van der Waals surface area contributed by atoms with Crippen molar-refractivity contribution in [2.45, 2.75) is 33.2 Å². The van der Waals surface area contributed by atoms with E-state index in [1.54, 1.807) is 54.4 Å². The number of carbonyl (C=O) groups excluding carboxylic acids is 2. The van der Waals surface area contributed by atoms with Gasteiger partial charge in [-0.25, -0.2) is 19.3 Å². The summed E-state index contributed by atoms with van der Waals surface area (Å²) in [6, 6.07) is 22.8. The molecule has 1 unspecified atom stereocenters. The predicted octanol–water partition coefficient (Wildman–Crippen LogP) is 4.26. The van der Waals surface area contributed by atoms with E-state index in [2.05, 4.69) is 15.3 Å². The summed E-state index contributed by atoms with van der Waals surface area (Å²) < 4.78 is 19.5. The summed E-state index contributed by atoms with van der Waals surface area (Å²) in [5.74, 6) is -0.924. The lowest BCUT2D eigenvalue weighted by Crippen LogP contribution is -2.39. The van der Waals surface area contributed by atoms with E-state index < -0.39 is 23.6 Å². The Hall–Kier alpha value is -6.21. The van der Waals surface area contributed by atoms with E-state index >= 15 is 0 Å². The summed E-state index contributed by atoms with van der Waals surface area (Å²) in [6.07, 6.45) is 3.51. The first-order valence-electron chi connectivity index (χ1n) is 16.2. The molecule has 0 amide bonds. The van der Waals surface area contributed by atoms with Crippen LogP contribution in [0.2, 0.25) is 0 Å². The molecule has 3 aromatic heterocycles. The van der Waals surface area contributed by atoms with Crippen LogP contribution in [0.4, 0.5) is 0 Å². The van der Waals surface area contributed by atoms with Crippen LogP contribution in [-0.4, -0.2) is 44.7 Å². The van der Waals surface area contributed by atoms with Crippen LogP contribution in [0.3, 0.4) is 0 Å². The quantitative estimate of drug-likeness (QED) is 0.159. The van der Waals surface area contributed by atoms with Crippen LogP contribution in [0.25, 0.3) is 34.0 Å². The Morgan fingerprint density at radius 1 is 0.961 bits per heavy atom. The maximum absolute atomic E-state index is 13.9. The van der Waals surface area contributed by atoms with Gasteiger partial charge in [-0.3, -0.25) is 14.2 Å². The molecule has 0 saturated carbocycles. The molecule has 51 heavy (non-hydrogen) atoms. The number of benzene rings is 3. The van der Waals surface area contributed by atoms with Gasteiger partial charge < -0.3 is 13.9 Å². The summed E-state index contributed by atoms with van der Waals surface area (Å²) in [5, 5.41) is 9.23. The van der Waals surface area contributed by atoms with Crippen molar-refractivity contribution < 1.29 is 23.5 Å². The third-order valence-electron chi connectivity index (χ3n) is 8.35. The van der Waals surface area contributed by atoms with Crippen LogP contribution in [0, 0.1) is 0 Å². The van der Waals surface area contributed by atoms with Crippen molar-refractivity contribution in [2.24, 2.45) is 4.99 Å². The third-order valence-corrected chi connectivity index (χ3v) is 9.33. The van der Waals surface area contributed by atoms with Crippen LogP contribution < -0.4 is 20.5 Å². The fourth-order valence-electron chi connectivity index (χ4n) is 6.04. The van der Waals surface area contributed by atoms with Gasteiger partial charge in [-0.15, -0.1) is 5.10 Å². The molecular weight excluding hydrogens is 671 g/mol. The minimum Gasteiger partial charge on any atom is -0.466 e. The van der Waals surface area contributed by atoms with Gasteiger partial charge in [-0.2, -0.15) is 0 Å². The molecule has 1 atom stereocenters. The van der Waals surface area contributed by atoms with Gasteiger partial charge in [-0.1, -0.05) is 71.1 Å². The van der Waals surface area contributed by atoms with Crippen molar-refractivity contribution in [3.05, 3.63) is 143 Å². The Kier molecular flexibility index (Phi) is 9.11. The molecule has 0 N–H and O–H groups in total. The van der Waals surface area contributed by atoms with E-state index in [9.17, 15) is 19.2 Å². The lowest BCUT2D eigenvalue weighted by atomic mass is 9.96. The van der Waals surface area contributed by atoms with Gasteiger partial charge in [0.25, 0.3) is 5.56 Å². The average molecular weight is 702 g/mol. The number of hydrogen-bond donors (Lipinski definition) is 0. The molecule has 1 aliphatic heterocycles. The number of rotatable bonds is 9. The molecule has 256 valence electrons. The van der Waals surface area contributed by atoms with Gasteiger partial charge in [0, 0.05) is 17.0 Å². The van der Waals surface area contributed by atoms with Gasteiger partial charge >= 0.3 is 17.6 Å². The molecule has 0 aliphatic carbocycles. The average Bonchev–Trinajstić information content (AvgIpc) is 3.73. The third kappa shape index (κ3) is 6.58. The molecule has 6 aromatic rings. The van der Waals surface area contributed by atoms with Crippen LogP contribution in [0.1, 0.15) is 43.5 Å². The summed E-state index contributed by atoms with van der Waals surface area (Å²) in [7, 11) is 0. The molecule has 0 saturated heterocycles. The van der Waals surface area contributed by atoms with E-state index in [1.165, 1.54) is 17.4 Å². The Balaban J connectivity index is 1.17. The minimum atomic E-state index is -0.669. The van der Waals surface area contributed by atoms with Gasteiger partial charge in [-0.05, 0) is 61.7 Å². The second kappa shape index (κ2) is 14.0. The highest BCUT2D eigenvalue weighted by molar-refractivity contribution is 7.07. The van der Waals surface area contributed by atoms with Crippen LogP contribution in [0.15, 0.2) is 115 Å². The van der Waals surface area contributed by atoms with E-state index in [0.717, 1.165) is 16.8 Å². The van der Waals surface area contributed by atoms with Crippen molar-refractivity contribution in [3.8, 4) is 16.9 Å². The molecule has 0 spiro atoms. The monoisotopic (exact) mass is 701 g/mol. The molecule has 13 heteroatoms. The highest BCUT2D eigenvalue weighted by atomic mass is 32.1. The van der Waals surface area contributed by atoms with Crippen molar-refractivity contribution in [1.82, 2.24) is 19.6 Å². The van der Waals surface area contributed by atoms with E-state index in [-0.39, 0.29) is 25.2 Å². The standard InChI is InChI=1S/C38H31N5O7S/c1-4-48-32(44)19-26-20-33(45)50-30-18-25(13-16-28(26)30)29-21-42(41-40-29)27-14-11-23(12-15-27)17-31-36(46)43-35(24-9-7-6-8-10-24)34(37(47)49-5-2)22(3)39-38(43)51-31/h6-18,20-21,35H,4-5,19H2,1-3H3/b31-17-. The highest BCUT2D eigenvalue weighted by Crippen LogP contribution is 2.30. The van der Waals surface area contributed by atoms with E-state index in [1.807, 2.05) is 60.7 Å². The maximum atomic E-state index is 13.9. The fraction of sp³-hybridized carbons (Fsp3) is 0.184. The molecule has 4 heterocycles. The van der Waals surface area contributed by atoms with E-state index in [4.69, 9.17) is 13.9 Å². The number of allylic oxidation sites excluding steroid dienone is 1. The minimum absolute atomic E-state index is 0.0422. The Labute approximate surface area is 294 Å². The number of hydrogen-bond acceptors (Lipinski definition) is 11. The smallest absolute Gasteiger partial charge is 0.338 e. The van der Waals surface area contributed by atoms with Crippen molar-refractivity contribution in [2.75, 3.05) is 13.2 Å². The number of ether oxygens (including phenoxy) is 2. The molecule has 7 rings (SSSR count). The second-order valence-corrected chi connectivity index (χ2v) is 12.6. The predicted molar refractivity (Wildman–Crippen MR) is 190 cm³/mol. The number of esters is 2. The summed E-state index contributed by atoms with van der Waals surface area (Å²) in [4.78, 5) is 56.4. The summed E-state index contributed by atoms with van der Waals surface area (Å²) in [5.41, 5.74) is 4.39. The first-order valence-corrected chi connectivity index (χ1v) is 17.1. The van der Waals surface area contributed by atoms with Crippen LogP contribution >= 0.6 is 11.3 Å². The number of nitrogens with zero attached hydrogens (tertiary/aromatic N) is 5. The largest absolute Gasteiger partial charge is 0.466 e. The van der Waals surface area contributed by atoms with Gasteiger partial charge in [0.2, 0.25) is 0 Å². The molecule has 12 nitrogen and oxygen atoms in total. The van der Waals surface area contributed by atoms with Gasteiger partial charge in [0.05, 0.1) is 53.4 Å². The molecule has 0 radical (unpaired) electrons. The zero-order chi connectivity index (χ0) is 35.6. The normalized spacial score (nSPS) is 14.3. The lowest BCUT2D eigenvalue weighted by molar-refractivity contribution is -0.142.